The molecule has 2 unspecified atom stereocenters. The number of rotatable bonds is 3. The minimum Gasteiger partial charge on any atom is -0.386 e. The molecular weight excluding hydrogens is 287 g/mol. The van der Waals surface area contributed by atoms with Crippen LogP contribution in [0.4, 0.5) is 4.39 Å². The Kier molecular flexibility index (Phi) is 4.69. The fourth-order valence-corrected chi connectivity index (χ4v) is 2.25. The van der Waals surface area contributed by atoms with Gasteiger partial charge in [-0.3, -0.25) is 0 Å². The van der Waals surface area contributed by atoms with E-state index in [1.54, 1.807) is 18.2 Å². The van der Waals surface area contributed by atoms with Crippen molar-refractivity contribution in [2.45, 2.75) is 33.0 Å². The number of halogens is 2. The van der Waals surface area contributed by atoms with Crippen molar-refractivity contribution in [2.24, 2.45) is 5.41 Å². The van der Waals surface area contributed by atoms with Crippen LogP contribution in [0.1, 0.15) is 32.4 Å². The van der Waals surface area contributed by atoms with Crippen molar-refractivity contribution in [3.05, 3.63) is 34.1 Å². The highest BCUT2D eigenvalue weighted by molar-refractivity contribution is 9.10. The number of aliphatic hydroxyl groups is 1. The van der Waals surface area contributed by atoms with E-state index in [9.17, 15) is 9.50 Å². The average Bonchev–Trinajstić information content (AvgIpc) is 2.20. The molecule has 2 nitrogen and oxygen atoms in total. The highest BCUT2D eigenvalue weighted by atomic mass is 79.9. The van der Waals surface area contributed by atoms with Gasteiger partial charge in [0, 0.05) is 12.7 Å². The topological polar surface area (TPSA) is 29.5 Å². The third-order valence-corrected chi connectivity index (χ3v) is 3.31. The van der Waals surface area contributed by atoms with E-state index in [1.807, 2.05) is 20.8 Å². The maximum Gasteiger partial charge on any atom is 0.143 e. The summed E-state index contributed by atoms with van der Waals surface area (Å²) in [5.41, 5.74) is -0.0238. The molecule has 1 rings (SSSR count). The monoisotopic (exact) mass is 304 g/mol. The molecule has 4 heteroatoms. The van der Waals surface area contributed by atoms with E-state index in [-0.39, 0.29) is 11.0 Å². The quantitative estimate of drug-likeness (QED) is 0.923. The van der Waals surface area contributed by atoms with Crippen molar-refractivity contribution in [2.75, 3.05) is 7.11 Å². The van der Waals surface area contributed by atoms with E-state index in [1.165, 1.54) is 7.11 Å². The Labute approximate surface area is 110 Å². The molecule has 0 saturated carbocycles. The van der Waals surface area contributed by atoms with Crippen LogP contribution in [-0.4, -0.2) is 18.3 Å². The highest BCUT2D eigenvalue weighted by Gasteiger charge is 2.33. The molecule has 1 aromatic carbocycles. The number of hydrogen-bond acceptors (Lipinski definition) is 2. The number of aliphatic hydroxyl groups excluding tert-OH is 1. The fraction of sp³-hybridized carbons (Fsp3) is 0.538. The Morgan fingerprint density at radius 3 is 2.41 bits per heavy atom. The first-order valence-corrected chi connectivity index (χ1v) is 6.23. The summed E-state index contributed by atoms with van der Waals surface area (Å²) in [6, 6.07) is 4.87. The summed E-state index contributed by atoms with van der Waals surface area (Å²) < 4.78 is 19.5. The molecule has 0 bridgehead atoms. The fourth-order valence-electron chi connectivity index (χ4n) is 1.87. The van der Waals surface area contributed by atoms with Crippen LogP contribution in [0.25, 0.3) is 0 Å². The zero-order valence-electron chi connectivity index (χ0n) is 10.5. The smallest absolute Gasteiger partial charge is 0.143 e. The zero-order valence-corrected chi connectivity index (χ0v) is 12.1. The van der Waals surface area contributed by atoms with Gasteiger partial charge in [0.25, 0.3) is 0 Å². The van der Waals surface area contributed by atoms with Crippen molar-refractivity contribution in [3.63, 3.8) is 0 Å². The molecule has 1 N–H and O–H groups in total. The molecule has 17 heavy (non-hydrogen) atoms. The standard InChI is InChI=1S/C13H18BrFO2/c1-13(2,3)12(17-4)11(16)8-6-5-7-9(14)10(8)15/h5-7,11-12,16H,1-4H3. The molecule has 0 saturated heterocycles. The van der Waals surface area contributed by atoms with Gasteiger partial charge in [-0.1, -0.05) is 32.9 Å². The first-order valence-electron chi connectivity index (χ1n) is 5.43. The Bertz CT molecular complexity index is 387. The van der Waals surface area contributed by atoms with E-state index in [2.05, 4.69) is 15.9 Å². The van der Waals surface area contributed by atoms with Gasteiger partial charge in [-0.25, -0.2) is 4.39 Å². The lowest BCUT2D eigenvalue weighted by molar-refractivity contribution is -0.0736. The summed E-state index contributed by atoms with van der Waals surface area (Å²) >= 11 is 3.11. The SMILES string of the molecule is COC(C(O)c1cccc(Br)c1F)C(C)(C)C. The van der Waals surface area contributed by atoms with Crippen molar-refractivity contribution in [1.29, 1.82) is 0 Å². The number of hydrogen-bond donors (Lipinski definition) is 1. The third-order valence-electron chi connectivity index (χ3n) is 2.69. The Hall–Kier alpha value is -0.450. The molecule has 96 valence electrons. The van der Waals surface area contributed by atoms with Crippen molar-refractivity contribution in [3.8, 4) is 0 Å². The summed E-state index contributed by atoms with van der Waals surface area (Å²) in [6.45, 7) is 5.83. The molecule has 0 aliphatic carbocycles. The molecule has 0 fully saturated rings. The second-order valence-electron chi connectivity index (χ2n) is 5.11. The second kappa shape index (κ2) is 5.46. The van der Waals surface area contributed by atoms with Crippen molar-refractivity contribution < 1.29 is 14.2 Å². The molecule has 2 atom stereocenters. The molecule has 0 amide bonds. The van der Waals surface area contributed by atoms with Gasteiger partial charge in [0.15, 0.2) is 0 Å². The zero-order chi connectivity index (χ0) is 13.2. The van der Waals surface area contributed by atoms with Gasteiger partial charge in [0.2, 0.25) is 0 Å². The van der Waals surface area contributed by atoms with Crippen molar-refractivity contribution in [1.82, 2.24) is 0 Å². The van der Waals surface area contributed by atoms with E-state index in [4.69, 9.17) is 4.74 Å². The minimum atomic E-state index is -0.988. The lowest BCUT2D eigenvalue weighted by Gasteiger charge is -2.33. The van der Waals surface area contributed by atoms with Crippen LogP contribution in [0.3, 0.4) is 0 Å². The van der Waals surface area contributed by atoms with E-state index in [0.717, 1.165) is 0 Å². The highest BCUT2D eigenvalue weighted by Crippen LogP contribution is 2.34. The number of ether oxygens (including phenoxy) is 1. The molecular formula is C13H18BrFO2. The summed E-state index contributed by atoms with van der Waals surface area (Å²) in [4.78, 5) is 0. The summed E-state index contributed by atoms with van der Waals surface area (Å²) in [5.74, 6) is -0.439. The van der Waals surface area contributed by atoms with Crippen LogP contribution in [-0.2, 0) is 4.74 Å². The predicted octanol–water partition coefficient (Wildman–Crippen LogP) is 3.68. The molecule has 0 heterocycles. The summed E-state index contributed by atoms with van der Waals surface area (Å²) in [7, 11) is 1.52. The van der Waals surface area contributed by atoms with Crippen LogP contribution in [0.15, 0.2) is 22.7 Å². The first-order chi connectivity index (χ1) is 7.79. The lowest BCUT2D eigenvalue weighted by atomic mass is 9.83. The van der Waals surface area contributed by atoms with Crippen molar-refractivity contribution >= 4 is 15.9 Å². The van der Waals surface area contributed by atoms with Crippen LogP contribution >= 0.6 is 15.9 Å². The van der Waals surface area contributed by atoms with Gasteiger partial charge in [0.1, 0.15) is 11.9 Å². The normalized spacial score (nSPS) is 15.7. The summed E-state index contributed by atoms with van der Waals surface area (Å²) in [6.07, 6.45) is -1.45. The van der Waals surface area contributed by atoms with Gasteiger partial charge in [-0.2, -0.15) is 0 Å². The van der Waals surface area contributed by atoms with E-state index < -0.39 is 18.0 Å². The van der Waals surface area contributed by atoms with Crippen LogP contribution in [0.2, 0.25) is 0 Å². The van der Waals surface area contributed by atoms with E-state index in [0.29, 0.717) is 4.47 Å². The first kappa shape index (κ1) is 14.6. The Balaban J connectivity index is 3.11. The number of methoxy groups -OCH3 is 1. The van der Waals surface area contributed by atoms with Gasteiger partial charge < -0.3 is 9.84 Å². The molecule has 0 aliphatic rings. The second-order valence-corrected chi connectivity index (χ2v) is 5.96. The van der Waals surface area contributed by atoms with Crippen LogP contribution in [0, 0.1) is 11.2 Å². The van der Waals surface area contributed by atoms with Gasteiger partial charge >= 0.3 is 0 Å². The lowest BCUT2D eigenvalue weighted by Crippen LogP contribution is -2.34. The largest absolute Gasteiger partial charge is 0.386 e. The van der Waals surface area contributed by atoms with Gasteiger partial charge in [0.05, 0.1) is 10.6 Å². The molecule has 0 radical (unpaired) electrons. The third kappa shape index (κ3) is 3.27. The predicted molar refractivity (Wildman–Crippen MR) is 69.3 cm³/mol. The minimum absolute atomic E-state index is 0.251. The Morgan fingerprint density at radius 2 is 1.94 bits per heavy atom. The van der Waals surface area contributed by atoms with E-state index >= 15 is 0 Å². The molecule has 1 aromatic rings. The number of benzene rings is 1. The molecule has 0 spiro atoms. The van der Waals surface area contributed by atoms with Gasteiger partial charge in [-0.05, 0) is 27.4 Å². The average molecular weight is 305 g/mol. The van der Waals surface area contributed by atoms with Gasteiger partial charge in [-0.15, -0.1) is 0 Å². The Morgan fingerprint density at radius 1 is 1.35 bits per heavy atom. The summed E-state index contributed by atoms with van der Waals surface area (Å²) in [5, 5.41) is 10.2. The molecule has 0 aliphatic heterocycles. The van der Waals surface area contributed by atoms with Crippen LogP contribution in [0.5, 0.6) is 0 Å². The van der Waals surface area contributed by atoms with Crippen LogP contribution < -0.4 is 0 Å². The molecule has 0 aromatic heterocycles. The maximum absolute atomic E-state index is 13.9. The maximum atomic E-state index is 13.9.